The molecule has 0 fully saturated rings. The van der Waals surface area contributed by atoms with Crippen molar-refractivity contribution in [2.75, 3.05) is 21.3 Å². The number of aromatic nitrogens is 1. The van der Waals surface area contributed by atoms with E-state index in [1.165, 1.54) is 11.7 Å². The number of esters is 1. The van der Waals surface area contributed by atoms with Gasteiger partial charge in [0.15, 0.2) is 0 Å². The minimum atomic E-state index is -0.796. The van der Waals surface area contributed by atoms with E-state index in [0.717, 1.165) is 16.9 Å². The van der Waals surface area contributed by atoms with Gasteiger partial charge in [-0.2, -0.15) is 5.26 Å². The molecule has 34 heavy (non-hydrogen) atoms. The molecule has 8 nitrogen and oxygen atoms in total. The molecular weight excluding hydrogens is 454 g/mol. The van der Waals surface area contributed by atoms with Crippen molar-refractivity contribution in [2.24, 2.45) is 5.73 Å². The maximum atomic E-state index is 13.3. The zero-order chi connectivity index (χ0) is 24.4. The van der Waals surface area contributed by atoms with E-state index >= 15 is 0 Å². The third-order valence-electron chi connectivity index (χ3n) is 5.54. The quantitative estimate of drug-likeness (QED) is 0.556. The average molecular weight is 476 g/mol. The summed E-state index contributed by atoms with van der Waals surface area (Å²) in [5.74, 6) is -0.142. The second-order valence-electron chi connectivity index (χ2n) is 7.35. The third kappa shape index (κ3) is 3.84. The summed E-state index contributed by atoms with van der Waals surface area (Å²) >= 11 is 1.12. The molecule has 9 heteroatoms. The molecule has 2 aromatic carbocycles. The molecule has 1 aliphatic heterocycles. The molecule has 0 radical (unpaired) electrons. The highest BCUT2D eigenvalue weighted by molar-refractivity contribution is 7.07. The molecule has 4 rings (SSSR count). The Balaban J connectivity index is 2.03. The van der Waals surface area contributed by atoms with Crippen molar-refractivity contribution in [1.29, 1.82) is 5.26 Å². The number of hydrogen-bond donors (Lipinski definition) is 1. The number of fused-ring (bicyclic) bond motifs is 1. The first-order chi connectivity index (χ1) is 16.4. The molecule has 0 bridgehead atoms. The molecule has 1 unspecified atom stereocenters. The molecule has 1 aliphatic rings. The highest BCUT2D eigenvalue weighted by Gasteiger charge is 2.36. The van der Waals surface area contributed by atoms with Crippen molar-refractivity contribution in [2.45, 2.75) is 5.92 Å². The number of carbonyl (C=O) groups is 1. The van der Waals surface area contributed by atoms with Crippen molar-refractivity contribution < 1.29 is 19.0 Å². The lowest BCUT2D eigenvalue weighted by Gasteiger charge is -2.24. The highest BCUT2D eigenvalue weighted by Crippen LogP contribution is 2.37. The van der Waals surface area contributed by atoms with E-state index in [9.17, 15) is 14.9 Å². The number of carbonyl (C=O) groups excluding carboxylic acids is 1. The number of benzene rings is 2. The van der Waals surface area contributed by atoms with E-state index in [1.807, 2.05) is 12.1 Å². The predicted molar refractivity (Wildman–Crippen MR) is 129 cm³/mol. The first-order valence-corrected chi connectivity index (χ1v) is 11.0. The molecule has 1 atom stereocenters. The van der Waals surface area contributed by atoms with Crippen LogP contribution in [0.1, 0.15) is 17.0 Å². The summed E-state index contributed by atoms with van der Waals surface area (Å²) in [5, 5.41) is 9.96. The summed E-state index contributed by atoms with van der Waals surface area (Å²) in [6, 6.07) is 16.3. The Kier molecular flexibility index (Phi) is 6.25. The van der Waals surface area contributed by atoms with Crippen molar-refractivity contribution in [3.63, 3.8) is 0 Å². The van der Waals surface area contributed by atoms with Crippen LogP contribution in [0.25, 0.3) is 17.5 Å². The normalized spacial score (nSPS) is 15.5. The average Bonchev–Trinajstić information content (AvgIpc) is 3.19. The Labute approximate surface area is 199 Å². The maximum absolute atomic E-state index is 13.3. The number of thiazole rings is 1. The van der Waals surface area contributed by atoms with Gasteiger partial charge < -0.3 is 19.9 Å². The van der Waals surface area contributed by atoms with Gasteiger partial charge in [0.25, 0.3) is 5.56 Å². The highest BCUT2D eigenvalue weighted by atomic mass is 32.1. The first kappa shape index (κ1) is 22.9. The van der Waals surface area contributed by atoms with Crippen LogP contribution in [0.15, 0.2) is 58.9 Å². The van der Waals surface area contributed by atoms with Gasteiger partial charge >= 0.3 is 5.97 Å². The zero-order valence-corrected chi connectivity index (χ0v) is 19.5. The smallest absolute Gasteiger partial charge is 0.337 e. The minimum absolute atomic E-state index is 0.0124. The van der Waals surface area contributed by atoms with Crippen LogP contribution in [0, 0.1) is 11.3 Å². The van der Waals surface area contributed by atoms with Gasteiger partial charge in [0, 0.05) is 0 Å². The molecule has 0 aliphatic carbocycles. The zero-order valence-electron chi connectivity index (χ0n) is 18.7. The van der Waals surface area contributed by atoms with Gasteiger partial charge in [0.05, 0.1) is 49.0 Å². The van der Waals surface area contributed by atoms with Crippen LogP contribution in [0.5, 0.6) is 11.5 Å². The monoisotopic (exact) mass is 475 g/mol. The van der Waals surface area contributed by atoms with Crippen molar-refractivity contribution in [1.82, 2.24) is 4.57 Å². The predicted octanol–water partition coefficient (Wildman–Crippen LogP) is 1.53. The van der Waals surface area contributed by atoms with Crippen LogP contribution in [-0.4, -0.2) is 31.9 Å². The molecule has 0 saturated heterocycles. The summed E-state index contributed by atoms with van der Waals surface area (Å²) in [4.78, 5) is 26.3. The second kappa shape index (κ2) is 9.29. The number of nitrogens with two attached hydrogens (primary N) is 1. The van der Waals surface area contributed by atoms with E-state index in [2.05, 4.69) is 6.07 Å². The largest absolute Gasteiger partial charge is 0.497 e. The van der Waals surface area contributed by atoms with E-state index in [4.69, 9.17) is 19.9 Å². The van der Waals surface area contributed by atoms with E-state index in [1.54, 1.807) is 56.7 Å². The Hall–Kier alpha value is -4.29. The summed E-state index contributed by atoms with van der Waals surface area (Å²) in [7, 11) is 4.38. The van der Waals surface area contributed by atoms with E-state index < -0.39 is 17.4 Å². The van der Waals surface area contributed by atoms with Crippen LogP contribution in [0.3, 0.4) is 0 Å². The SMILES string of the molecule is COC(=O)C1=c2s/c(=C/c3ccc(OC)cc3)c(=O)n2C(N)=C(C#N)C1c1ccc(OC)cc1. The number of rotatable bonds is 5. The molecule has 172 valence electrons. The number of nitriles is 1. The summed E-state index contributed by atoms with van der Waals surface area (Å²) in [6.45, 7) is 0. The van der Waals surface area contributed by atoms with Crippen molar-refractivity contribution in [3.8, 4) is 17.6 Å². The fourth-order valence-electron chi connectivity index (χ4n) is 3.84. The lowest BCUT2D eigenvalue weighted by atomic mass is 9.84. The number of hydrogen-bond acceptors (Lipinski definition) is 8. The molecule has 0 saturated carbocycles. The summed E-state index contributed by atoms with van der Waals surface area (Å²) in [6.07, 6.45) is 1.70. The topological polar surface area (TPSA) is 117 Å². The minimum Gasteiger partial charge on any atom is -0.497 e. The Bertz CT molecular complexity index is 1510. The van der Waals surface area contributed by atoms with Gasteiger partial charge in [-0.25, -0.2) is 4.79 Å². The Morgan fingerprint density at radius 3 is 2.18 bits per heavy atom. The fraction of sp³-hybridized carbons (Fsp3) is 0.160. The molecular formula is C25H21N3O5S. The van der Waals surface area contributed by atoms with Crippen molar-refractivity contribution >= 4 is 34.8 Å². The Morgan fingerprint density at radius 2 is 1.65 bits per heavy atom. The molecule has 0 amide bonds. The lowest BCUT2D eigenvalue weighted by molar-refractivity contribution is -0.134. The van der Waals surface area contributed by atoms with Crippen LogP contribution in [-0.2, 0) is 9.53 Å². The van der Waals surface area contributed by atoms with Crippen LogP contribution >= 0.6 is 11.3 Å². The van der Waals surface area contributed by atoms with Gasteiger partial charge in [-0.05, 0) is 41.5 Å². The van der Waals surface area contributed by atoms with Gasteiger partial charge in [-0.1, -0.05) is 24.3 Å². The molecule has 2 N–H and O–H groups in total. The number of nitrogens with zero attached hydrogens (tertiary/aromatic N) is 2. The summed E-state index contributed by atoms with van der Waals surface area (Å²) < 4.78 is 17.4. The number of methoxy groups -OCH3 is 3. The maximum Gasteiger partial charge on any atom is 0.337 e. The standard InChI is InChI=1S/C25H21N3O5S/c1-31-16-8-4-14(5-9-16)12-19-23(29)28-22(27)18(13-26)20(15-6-10-17(32-2)11-7-15)21(24(28)34-19)25(30)33-3/h4-12,20H,27H2,1-3H3/b19-12+. The second-order valence-corrected chi connectivity index (χ2v) is 8.38. The van der Waals surface area contributed by atoms with Crippen LogP contribution in [0.4, 0.5) is 0 Å². The lowest BCUT2D eigenvalue weighted by Crippen LogP contribution is -2.40. The third-order valence-corrected chi connectivity index (χ3v) is 6.64. The van der Waals surface area contributed by atoms with Crippen molar-refractivity contribution in [3.05, 3.63) is 84.8 Å². The van der Waals surface area contributed by atoms with E-state index in [-0.39, 0.29) is 17.0 Å². The first-order valence-electron chi connectivity index (χ1n) is 10.2. The Morgan fingerprint density at radius 1 is 1.06 bits per heavy atom. The van der Waals surface area contributed by atoms with Gasteiger partial charge in [0.1, 0.15) is 22.0 Å². The number of ether oxygens (including phenoxy) is 3. The van der Waals surface area contributed by atoms with Gasteiger partial charge in [0.2, 0.25) is 0 Å². The number of allylic oxidation sites excluding steroid dienone is 1. The fourth-order valence-corrected chi connectivity index (χ4v) is 5.00. The molecule has 0 spiro atoms. The van der Waals surface area contributed by atoms with Crippen LogP contribution < -0.4 is 30.0 Å². The summed E-state index contributed by atoms with van der Waals surface area (Å²) in [5.41, 5.74) is 7.60. The molecule has 2 heterocycles. The molecule has 3 aromatic rings. The van der Waals surface area contributed by atoms with E-state index in [0.29, 0.717) is 26.3 Å². The van der Waals surface area contributed by atoms with Crippen LogP contribution in [0.2, 0.25) is 0 Å². The van der Waals surface area contributed by atoms with Gasteiger partial charge in [-0.3, -0.25) is 9.36 Å². The molecule has 1 aromatic heterocycles. The van der Waals surface area contributed by atoms with Gasteiger partial charge in [-0.15, -0.1) is 11.3 Å².